The van der Waals surface area contributed by atoms with E-state index in [0.29, 0.717) is 17.0 Å². The number of hydrogen-bond donors (Lipinski definition) is 0. The van der Waals surface area contributed by atoms with Crippen LogP contribution in [0.15, 0.2) is 17.0 Å². The van der Waals surface area contributed by atoms with Crippen molar-refractivity contribution in [3.63, 3.8) is 0 Å². The molecule has 1 rings (SSSR count). The van der Waals surface area contributed by atoms with E-state index in [1.54, 1.807) is 7.11 Å². The Morgan fingerprint density at radius 2 is 2.43 bits per heavy atom. The van der Waals surface area contributed by atoms with Gasteiger partial charge in [-0.25, -0.2) is 0 Å². The third-order valence-electron chi connectivity index (χ3n) is 1.78. The lowest BCUT2D eigenvalue weighted by molar-refractivity contribution is 0.416. The molecule has 1 aromatic heterocycles. The number of nitrogens with zero attached hydrogens (tertiary/aromatic N) is 1. The molecule has 2 nitrogen and oxygen atoms in total. The fraction of sp³-hybridized carbons (Fsp3) is 0.300. The van der Waals surface area contributed by atoms with Gasteiger partial charge in [-0.1, -0.05) is 18.5 Å². The second kappa shape index (κ2) is 5.04. The maximum absolute atomic E-state index is 8.80. The van der Waals surface area contributed by atoms with Gasteiger partial charge in [0.05, 0.1) is 23.1 Å². The molecular formula is C10H10ClNOS. The summed E-state index contributed by atoms with van der Waals surface area (Å²) >= 11 is 7.53. The normalized spacial score (nSPS) is 11.9. The minimum Gasteiger partial charge on any atom is -0.496 e. The highest BCUT2D eigenvalue weighted by Crippen LogP contribution is 2.32. The molecule has 0 unspecified atom stereocenters. The van der Waals surface area contributed by atoms with Crippen molar-refractivity contribution in [2.75, 3.05) is 7.11 Å². The van der Waals surface area contributed by atoms with Gasteiger partial charge in [-0.05, 0) is 12.5 Å². The van der Waals surface area contributed by atoms with Gasteiger partial charge in [0.25, 0.3) is 0 Å². The molecule has 4 heteroatoms. The molecule has 0 aliphatic heterocycles. The van der Waals surface area contributed by atoms with Gasteiger partial charge in [0, 0.05) is 11.0 Å². The number of ether oxygens (including phenoxy) is 1. The monoisotopic (exact) mass is 227 g/mol. The van der Waals surface area contributed by atoms with Crippen molar-refractivity contribution in [1.29, 1.82) is 5.26 Å². The lowest BCUT2D eigenvalue weighted by Crippen LogP contribution is -1.80. The Morgan fingerprint density at radius 3 is 2.86 bits per heavy atom. The quantitative estimate of drug-likeness (QED) is 0.739. The molecule has 0 N–H and O–H groups in total. The van der Waals surface area contributed by atoms with Crippen LogP contribution in [0.25, 0.3) is 5.03 Å². The first-order chi connectivity index (χ1) is 6.72. The number of rotatable bonds is 3. The molecule has 0 atom stereocenters. The highest BCUT2D eigenvalue weighted by molar-refractivity contribution is 7.12. The molecule has 0 amide bonds. The number of halogens is 1. The molecule has 0 bridgehead atoms. The van der Waals surface area contributed by atoms with Crippen LogP contribution in [-0.4, -0.2) is 7.11 Å². The second-order valence-electron chi connectivity index (χ2n) is 2.61. The van der Waals surface area contributed by atoms with Crippen LogP contribution in [0.1, 0.15) is 18.2 Å². The van der Waals surface area contributed by atoms with E-state index in [1.807, 2.05) is 18.4 Å². The van der Waals surface area contributed by atoms with Gasteiger partial charge in [0.15, 0.2) is 0 Å². The number of thiophene rings is 1. The van der Waals surface area contributed by atoms with Crippen molar-refractivity contribution in [2.45, 2.75) is 13.3 Å². The van der Waals surface area contributed by atoms with Gasteiger partial charge in [0.2, 0.25) is 0 Å². The summed E-state index contributed by atoms with van der Waals surface area (Å²) in [4.78, 5) is 0.877. The average molecular weight is 228 g/mol. The third kappa shape index (κ3) is 2.28. The van der Waals surface area contributed by atoms with Crippen LogP contribution >= 0.6 is 22.9 Å². The average Bonchev–Trinajstić information content (AvgIpc) is 2.67. The van der Waals surface area contributed by atoms with E-state index in [-0.39, 0.29) is 0 Å². The molecule has 0 aliphatic carbocycles. The molecule has 0 saturated carbocycles. The first-order valence-electron chi connectivity index (χ1n) is 4.14. The van der Waals surface area contributed by atoms with E-state index in [1.165, 1.54) is 11.3 Å². The minimum absolute atomic E-state index is 0.531. The van der Waals surface area contributed by atoms with E-state index >= 15 is 0 Å². The zero-order valence-electron chi connectivity index (χ0n) is 8.00. The Morgan fingerprint density at radius 1 is 1.71 bits per heavy atom. The van der Waals surface area contributed by atoms with Crippen molar-refractivity contribution in [3.05, 3.63) is 21.9 Å². The first-order valence-corrected chi connectivity index (χ1v) is 5.40. The Bertz CT molecular complexity index is 389. The Balaban J connectivity index is 3.05. The fourth-order valence-electron chi connectivity index (χ4n) is 0.973. The zero-order valence-corrected chi connectivity index (χ0v) is 9.58. The molecular weight excluding hydrogens is 218 g/mol. The smallest absolute Gasteiger partial charge is 0.130 e. The molecule has 74 valence electrons. The van der Waals surface area contributed by atoms with Crippen molar-refractivity contribution >= 4 is 28.0 Å². The molecule has 1 heterocycles. The van der Waals surface area contributed by atoms with Gasteiger partial charge in [0.1, 0.15) is 5.75 Å². The topological polar surface area (TPSA) is 33.0 Å². The largest absolute Gasteiger partial charge is 0.496 e. The number of nitriles is 1. The zero-order chi connectivity index (χ0) is 10.6. The van der Waals surface area contributed by atoms with E-state index in [4.69, 9.17) is 21.6 Å². The fourth-order valence-corrected chi connectivity index (χ4v) is 2.16. The minimum atomic E-state index is 0.531. The first kappa shape index (κ1) is 11.1. The van der Waals surface area contributed by atoms with Gasteiger partial charge in [-0.2, -0.15) is 5.26 Å². The van der Waals surface area contributed by atoms with Crippen LogP contribution in [0.2, 0.25) is 0 Å². The summed E-state index contributed by atoms with van der Waals surface area (Å²) in [6.07, 6.45) is 0.648. The van der Waals surface area contributed by atoms with Crippen molar-refractivity contribution < 1.29 is 4.74 Å². The molecule has 1 aromatic rings. The van der Waals surface area contributed by atoms with Crippen LogP contribution in [-0.2, 0) is 0 Å². The number of methoxy groups -OCH3 is 1. The summed E-state index contributed by atoms with van der Waals surface area (Å²) in [5.74, 6) is 0.775. The number of hydrogen-bond acceptors (Lipinski definition) is 3. The van der Waals surface area contributed by atoms with Crippen LogP contribution in [0, 0.1) is 11.3 Å². The molecule has 0 saturated heterocycles. The summed E-state index contributed by atoms with van der Waals surface area (Å²) in [5, 5.41) is 11.2. The SMILES string of the molecule is CC/C(C#N)=C(\Cl)c1cc(OC)cs1. The number of allylic oxidation sites excluding steroid dienone is 1. The summed E-state index contributed by atoms with van der Waals surface area (Å²) in [5.41, 5.74) is 0.608. The lowest BCUT2D eigenvalue weighted by atomic mass is 10.2. The van der Waals surface area contributed by atoms with Crippen molar-refractivity contribution in [3.8, 4) is 11.8 Å². The van der Waals surface area contributed by atoms with Gasteiger partial charge >= 0.3 is 0 Å². The molecule has 0 aromatic carbocycles. The van der Waals surface area contributed by atoms with Crippen molar-refractivity contribution in [1.82, 2.24) is 0 Å². The molecule has 0 aliphatic rings. The highest BCUT2D eigenvalue weighted by atomic mass is 35.5. The molecule has 0 radical (unpaired) electrons. The van der Waals surface area contributed by atoms with Crippen molar-refractivity contribution in [2.24, 2.45) is 0 Å². The van der Waals surface area contributed by atoms with E-state index < -0.39 is 0 Å². The molecule has 14 heavy (non-hydrogen) atoms. The second-order valence-corrected chi connectivity index (χ2v) is 3.90. The predicted molar refractivity (Wildman–Crippen MR) is 59.5 cm³/mol. The van der Waals surface area contributed by atoms with Crippen LogP contribution in [0.5, 0.6) is 5.75 Å². The summed E-state index contributed by atoms with van der Waals surface area (Å²) in [6, 6.07) is 3.92. The van der Waals surface area contributed by atoms with Crippen LogP contribution < -0.4 is 4.74 Å². The third-order valence-corrected chi connectivity index (χ3v) is 3.25. The van der Waals surface area contributed by atoms with Gasteiger partial charge in [-0.3, -0.25) is 0 Å². The Labute approximate surface area is 92.4 Å². The van der Waals surface area contributed by atoms with E-state index in [0.717, 1.165) is 10.6 Å². The summed E-state index contributed by atoms with van der Waals surface area (Å²) in [7, 11) is 1.61. The van der Waals surface area contributed by atoms with Gasteiger partial charge < -0.3 is 4.74 Å². The molecule has 0 fully saturated rings. The summed E-state index contributed by atoms with van der Waals surface area (Å²) < 4.78 is 5.04. The van der Waals surface area contributed by atoms with Crippen LogP contribution in [0.3, 0.4) is 0 Å². The highest BCUT2D eigenvalue weighted by Gasteiger charge is 2.08. The Kier molecular flexibility index (Phi) is 3.99. The van der Waals surface area contributed by atoms with Crippen LogP contribution in [0.4, 0.5) is 0 Å². The predicted octanol–water partition coefficient (Wildman–Crippen LogP) is 3.64. The standard InChI is InChI=1S/C10H10ClNOS/c1-3-7(5-12)10(11)9-4-8(13-2)6-14-9/h4,6H,3H2,1-2H3/b10-7+. The lowest BCUT2D eigenvalue weighted by Gasteiger charge is -1.96. The summed E-state index contributed by atoms with van der Waals surface area (Å²) in [6.45, 7) is 1.91. The van der Waals surface area contributed by atoms with E-state index in [2.05, 4.69) is 6.07 Å². The van der Waals surface area contributed by atoms with Gasteiger partial charge in [-0.15, -0.1) is 11.3 Å². The maximum atomic E-state index is 8.80. The van der Waals surface area contributed by atoms with E-state index in [9.17, 15) is 0 Å². The molecule has 0 spiro atoms. The Hall–Kier alpha value is -0.980. The maximum Gasteiger partial charge on any atom is 0.130 e.